The molecule has 0 radical (unpaired) electrons. The number of hydrogen-bond donors (Lipinski definition) is 2. The van der Waals surface area contributed by atoms with Crippen molar-refractivity contribution in [1.29, 1.82) is 0 Å². The van der Waals surface area contributed by atoms with Crippen LogP contribution in [0.3, 0.4) is 0 Å². The molecule has 3 N–H and O–H groups in total. The fourth-order valence-corrected chi connectivity index (χ4v) is 3.41. The van der Waals surface area contributed by atoms with Gasteiger partial charge in [-0.05, 0) is 39.2 Å². The van der Waals surface area contributed by atoms with E-state index in [0.717, 1.165) is 25.4 Å². The molecule has 1 saturated carbocycles. The van der Waals surface area contributed by atoms with Gasteiger partial charge in [-0.25, -0.2) is 0 Å². The van der Waals surface area contributed by atoms with Crippen molar-refractivity contribution < 1.29 is 5.11 Å². The van der Waals surface area contributed by atoms with E-state index in [2.05, 4.69) is 9.80 Å². The van der Waals surface area contributed by atoms with Crippen LogP contribution in [0.15, 0.2) is 0 Å². The summed E-state index contributed by atoms with van der Waals surface area (Å²) in [7, 11) is 0. The summed E-state index contributed by atoms with van der Waals surface area (Å²) in [6, 6.07) is 0.875. The third-order valence-corrected chi connectivity index (χ3v) is 4.88. The molecule has 4 nitrogen and oxygen atoms in total. The summed E-state index contributed by atoms with van der Waals surface area (Å²) in [5, 5.41) is 9.89. The number of rotatable bonds is 6. The Morgan fingerprint density at radius 1 is 1.16 bits per heavy atom. The maximum Gasteiger partial charge on any atom is 0.0741 e. The monoisotopic (exact) mass is 269 g/mol. The summed E-state index contributed by atoms with van der Waals surface area (Å²) in [6.45, 7) is 8.17. The standard InChI is InChI=1S/C15H31N3O/c1-15(19,13-16)7-4-8-17-9-11-18(12-10-17)14-5-2-3-6-14/h14,19H,2-13,16H2,1H3. The van der Waals surface area contributed by atoms with Crippen molar-refractivity contribution in [1.82, 2.24) is 9.80 Å². The molecular formula is C15H31N3O. The van der Waals surface area contributed by atoms with E-state index < -0.39 is 5.60 Å². The van der Waals surface area contributed by atoms with E-state index in [1.165, 1.54) is 51.9 Å². The Balaban J connectivity index is 1.61. The molecule has 1 heterocycles. The van der Waals surface area contributed by atoms with E-state index in [4.69, 9.17) is 5.73 Å². The third-order valence-electron chi connectivity index (χ3n) is 4.88. The Morgan fingerprint density at radius 3 is 2.37 bits per heavy atom. The molecule has 1 unspecified atom stereocenters. The smallest absolute Gasteiger partial charge is 0.0741 e. The first-order valence-corrected chi connectivity index (χ1v) is 7.99. The van der Waals surface area contributed by atoms with E-state index in [1.807, 2.05) is 6.92 Å². The maximum atomic E-state index is 9.89. The van der Waals surface area contributed by atoms with E-state index in [0.29, 0.717) is 6.54 Å². The molecule has 2 rings (SSSR count). The topological polar surface area (TPSA) is 52.7 Å². The van der Waals surface area contributed by atoms with Crippen LogP contribution in [-0.2, 0) is 0 Å². The summed E-state index contributed by atoms with van der Waals surface area (Å²) in [6.07, 6.45) is 7.55. The van der Waals surface area contributed by atoms with Crippen molar-refractivity contribution >= 4 is 0 Å². The number of nitrogens with zero attached hydrogens (tertiary/aromatic N) is 2. The Kier molecular flexibility index (Phi) is 5.63. The zero-order valence-corrected chi connectivity index (χ0v) is 12.5. The second-order valence-electron chi connectivity index (χ2n) is 6.62. The molecule has 112 valence electrons. The summed E-state index contributed by atoms with van der Waals surface area (Å²) in [4.78, 5) is 5.23. The Morgan fingerprint density at radius 2 is 1.79 bits per heavy atom. The first-order valence-electron chi connectivity index (χ1n) is 7.99. The van der Waals surface area contributed by atoms with Crippen LogP contribution in [0, 0.1) is 0 Å². The van der Waals surface area contributed by atoms with Crippen LogP contribution in [-0.4, -0.2) is 65.8 Å². The van der Waals surface area contributed by atoms with Crippen LogP contribution in [0.5, 0.6) is 0 Å². The summed E-state index contributed by atoms with van der Waals surface area (Å²) >= 11 is 0. The lowest BCUT2D eigenvalue weighted by molar-refractivity contribution is 0.0488. The second kappa shape index (κ2) is 7.02. The molecule has 2 aliphatic rings. The SMILES string of the molecule is CC(O)(CN)CCCN1CCN(C2CCCC2)CC1. The van der Waals surface area contributed by atoms with E-state index in [-0.39, 0.29) is 0 Å². The molecule has 4 heteroatoms. The van der Waals surface area contributed by atoms with E-state index in [9.17, 15) is 5.11 Å². The Labute approximate surface area is 117 Å². The van der Waals surface area contributed by atoms with Crippen molar-refractivity contribution in [2.75, 3.05) is 39.3 Å². The average Bonchev–Trinajstić information content (AvgIpc) is 2.93. The molecule has 2 fully saturated rings. The molecule has 0 aromatic heterocycles. The Bertz CT molecular complexity index is 256. The number of piperazine rings is 1. The van der Waals surface area contributed by atoms with Gasteiger partial charge in [-0.2, -0.15) is 0 Å². The van der Waals surface area contributed by atoms with Gasteiger partial charge < -0.3 is 15.7 Å². The van der Waals surface area contributed by atoms with Crippen molar-refractivity contribution in [2.45, 2.75) is 57.1 Å². The first kappa shape index (κ1) is 15.2. The van der Waals surface area contributed by atoms with Crippen molar-refractivity contribution in [3.05, 3.63) is 0 Å². The highest BCUT2D eigenvalue weighted by atomic mass is 16.3. The summed E-state index contributed by atoms with van der Waals surface area (Å²) in [5.41, 5.74) is 4.87. The molecule has 0 spiro atoms. The number of hydrogen-bond acceptors (Lipinski definition) is 4. The molecule has 1 atom stereocenters. The fraction of sp³-hybridized carbons (Fsp3) is 1.00. The molecule has 0 aromatic carbocycles. The number of aliphatic hydroxyl groups is 1. The molecule has 0 amide bonds. The molecular weight excluding hydrogens is 238 g/mol. The molecule has 1 aliphatic heterocycles. The highest BCUT2D eigenvalue weighted by Crippen LogP contribution is 2.24. The minimum absolute atomic E-state index is 0.364. The van der Waals surface area contributed by atoms with Crippen LogP contribution in [0.25, 0.3) is 0 Å². The highest BCUT2D eigenvalue weighted by molar-refractivity contribution is 4.82. The van der Waals surface area contributed by atoms with Gasteiger partial charge in [0, 0.05) is 38.8 Å². The first-order chi connectivity index (χ1) is 9.11. The minimum atomic E-state index is -0.675. The molecule has 0 bridgehead atoms. The van der Waals surface area contributed by atoms with Crippen LogP contribution in [0.2, 0.25) is 0 Å². The van der Waals surface area contributed by atoms with Gasteiger partial charge in [-0.1, -0.05) is 12.8 Å². The van der Waals surface area contributed by atoms with Crippen LogP contribution in [0.4, 0.5) is 0 Å². The lowest BCUT2D eigenvalue weighted by Gasteiger charge is -2.38. The number of nitrogens with two attached hydrogens (primary N) is 1. The van der Waals surface area contributed by atoms with Crippen LogP contribution in [0.1, 0.15) is 45.4 Å². The van der Waals surface area contributed by atoms with Gasteiger partial charge >= 0.3 is 0 Å². The maximum absolute atomic E-state index is 9.89. The molecule has 1 saturated heterocycles. The zero-order chi connectivity index (χ0) is 13.7. The predicted molar refractivity (Wildman–Crippen MR) is 79.2 cm³/mol. The Hall–Kier alpha value is -0.160. The van der Waals surface area contributed by atoms with Crippen molar-refractivity contribution in [2.24, 2.45) is 5.73 Å². The molecule has 0 aromatic rings. The van der Waals surface area contributed by atoms with Gasteiger partial charge in [0.25, 0.3) is 0 Å². The lowest BCUT2D eigenvalue weighted by Crippen LogP contribution is -2.50. The van der Waals surface area contributed by atoms with Crippen LogP contribution >= 0.6 is 0 Å². The van der Waals surface area contributed by atoms with Gasteiger partial charge in [-0.3, -0.25) is 4.90 Å². The summed E-state index contributed by atoms with van der Waals surface area (Å²) in [5.74, 6) is 0. The van der Waals surface area contributed by atoms with Gasteiger partial charge in [0.05, 0.1) is 5.60 Å². The fourth-order valence-electron chi connectivity index (χ4n) is 3.41. The van der Waals surface area contributed by atoms with E-state index in [1.54, 1.807) is 0 Å². The lowest BCUT2D eigenvalue weighted by atomic mass is 10.0. The predicted octanol–water partition coefficient (Wildman–Crippen LogP) is 1.04. The largest absolute Gasteiger partial charge is 0.389 e. The van der Waals surface area contributed by atoms with Crippen molar-refractivity contribution in [3.63, 3.8) is 0 Å². The molecule has 19 heavy (non-hydrogen) atoms. The zero-order valence-electron chi connectivity index (χ0n) is 12.5. The van der Waals surface area contributed by atoms with Gasteiger partial charge in [0.1, 0.15) is 0 Å². The summed E-state index contributed by atoms with van der Waals surface area (Å²) < 4.78 is 0. The van der Waals surface area contributed by atoms with Gasteiger partial charge in [0.2, 0.25) is 0 Å². The van der Waals surface area contributed by atoms with E-state index >= 15 is 0 Å². The van der Waals surface area contributed by atoms with Gasteiger partial charge in [0.15, 0.2) is 0 Å². The quantitative estimate of drug-likeness (QED) is 0.756. The third kappa shape index (κ3) is 4.71. The minimum Gasteiger partial charge on any atom is -0.389 e. The van der Waals surface area contributed by atoms with Gasteiger partial charge in [-0.15, -0.1) is 0 Å². The second-order valence-corrected chi connectivity index (χ2v) is 6.62. The normalized spacial score (nSPS) is 26.7. The van der Waals surface area contributed by atoms with Crippen molar-refractivity contribution in [3.8, 4) is 0 Å². The average molecular weight is 269 g/mol. The highest BCUT2D eigenvalue weighted by Gasteiger charge is 2.26. The molecule has 1 aliphatic carbocycles. The van der Waals surface area contributed by atoms with Crippen LogP contribution < -0.4 is 5.73 Å².